The molecule has 3 heterocycles. The number of amides is 3. The zero-order chi connectivity index (χ0) is 25.9. The maximum Gasteiger partial charge on any atom is 0.295 e. The van der Waals surface area contributed by atoms with Crippen molar-refractivity contribution >= 4 is 34.4 Å². The number of H-pyrrole nitrogens is 1. The highest BCUT2D eigenvalue weighted by atomic mass is 19.1. The number of nitrogens with one attached hydrogen (secondary N) is 2. The quantitative estimate of drug-likeness (QED) is 0.399. The maximum absolute atomic E-state index is 14.8. The van der Waals surface area contributed by atoms with Crippen LogP contribution >= 0.6 is 0 Å². The molecule has 0 radical (unpaired) electrons. The number of benzene rings is 2. The van der Waals surface area contributed by atoms with Crippen molar-refractivity contribution < 1.29 is 28.3 Å². The Labute approximate surface area is 211 Å². The van der Waals surface area contributed by atoms with Gasteiger partial charge in [0.05, 0.1) is 29.9 Å². The fourth-order valence-electron chi connectivity index (χ4n) is 4.59. The Morgan fingerprint density at radius 1 is 0.838 bits per heavy atom. The molecule has 10 nitrogen and oxygen atoms in total. The highest BCUT2D eigenvalue weighted by Crippen LogP contribution is 2.26. The minimum Gasteiger partial charge on any atom is -0.379 e. The van der Waals surface area contributed by atoms with Crippen molar-refractivity contribution in [3.8, 4) is 0 Å². The van der Waals surface area contributed by atoms with E-state index in [1.54, 1.807) is 34.2 Å². The number of aromatic amines is 1. The van der Waals surface area contributed by atoms with Gasteiger partial charge in [-0.1, -0.05) is 18.2 Å². The predicted molar refractivity (Wildman–Crippen MR) is 131 cm³/mol. The minimum atomic E-state index is -0.876. The molecule has 192 valence electrons. The summed E-state index contributed by atoms with van der Waals surface area (Å²) in [6.45, 7) is 2.92. The number of hydrogen-bond donors (Lipinski definition) is 2. The summed E-state index contributed by atoms with van der Waals surface area (Å²) in [5.41, 5.74) is 3.48. The number of fused-ring (bicyclic) bond motifs is 1. The van der Waals surface area contributed by atoms with E-state index in [9.17, 15) is 23.6 Å². The molecule has 0 unspecified atom stereocenters. The number of halogens is 1. The van der Waals surface area contributed by atoms with Gasteiger partial charge in [-0.2, -0.15) is 0 Å². The Hall–Kier alpha value is -4.09. The fraction of sp³-hybridized carbons (Fsp3) is 0.308. The minimum absolute atomic E-state index is 0.106. The van der Waals surface area contributed by atoms with Crippen LogP contribution in [0.1, 0.15) is 31.1 Å². The number of hydrogen-bond acceptors (Lipinski definition) is 6. The second-order valence-electron chi connectivity index (χ2n) is 8.87. The van der Waals surface area contributed by atoms with E-state index in [0.717, 1.165) is 6.07 Å². The second-order valence-corrected chi connectivity index (χ2v) is 8.87. The number of piperazine rings is 1. The van der Waals surface area contributed by atoms with Crippen molar-refractivity contribution in [3.05, 3.63) is 71.2 Å². The zero-order valence-electron chi connectivity index (χ0n) is 20.0. The molecule has 2 saturated heterocycles. The number of nitrogens with zero attached hydrogens (tertiary/aromatic N) is 3. The molecule has 37 heavy (non-hydrogen) atoms. The van der Waals surface area contributed by atoms with Gasteiger partial charge in [0.15, 0.2) is 0 Å². The Morgan fingerprint density at radius 3 is 2.22 bits per heavy atom. The Kier molecular flexibility index (Phi) is 6.97. The molecule has 0 spiro atoms. The van der Waals surface area contributed by atoms with E-state index in [4.69, 9.17) is 4.74 Å². The molecule has 0 atom stereocenters. The first-order valence-electron chi connectivity index (χ1n) is 12.0. The van der Waals surface area contributed by atoms with Crippen LogP contribution in [0.15, 0.2) is 48.7 Å². The highest BCUT2D eigenvalue weighted by molar-refractivity contribution is 6.45. The summed E-state index contributed by atoms with van der Waals surface area (Å²) in [6, 6.07) is 11.3. The van der Waals surface area contributed by atoms with Crippen LogP contribution in [-0.4, -0.2) is 95.8 Å². The fourth-order valence-corrected chi connectivity index (χ4v) is 4.59. The van der Waals surface area contributed by atoms with Gasteiger partial charge in [0.25, 0.3) is 23.5 Å². The Balaban J connectivity index is 1.29. The molecule has 2 aromatic carbocycles. The smallest absolute Gasteiger partial charge is 0.295 e. The summed E-state index contributed by atoms with van der Waals surface area (Å²) in [4.78, 5) is 57.5. The number of aromatic nitrogens is 1. The molecular weight excluding hydrogens is 481 g/mol. The average Bonchev–Trinajstić information content (AvgIpc) is 3.39. The van der Waals surface area contributed by atoms with Crippen LogP contribution in [0.25, 0.3) is 10.9 Å². The molecular formula is C26H26FN5O5. The van der Waals surface area contributed by atoms with Crippen LogP contribution in [0.5, 0.6) is 0 Å². The number of rotatable bonds is 5. The highest BCUT2D eigenvalue weighted by Gasteiger charge is 2.31. The largest absolute Gasteiger partial charge is 0.379 e. The Bertz CT molecular complexity index is 1340. The molecule has 3 aromatic rings. The van der Waals surface area contributed by atoms with Gasteiger partial charge in [-0.15, -0.1) is 0 Å². The van der Waals surface area contributed by atoms with Crippen LogP contribution in [0.2, 0.25) is 0 Å². The molecule has 2 aliphatic heterocycles. The third-order valence-corrected chi connectivity index (χ3v) is 6.61. The van der Waals surface area contributed by atoms with E-state index >= 15 is 0 Å². The van der Waals surface area contributed by atoms with Crippen molar-refractivity contribution in [1.29, 1.82) is 0 Å². The van der Waals surface area contributed by atoms with Gasteiger partial charge in [-0.25, -0.2) is 9.40 Å². The first-order valence-corrected chi connectivity index (χ1v) is 12.0. The normalized spacial score (nSPS) is 16.6. The molecule has 11 heteroatoms. The number of ether oxygens (including phenoxy) is 1. The summed E-state index contributed by atoms with van der Waals surface area (Å²) in [7, 11) is 0. The second kappa shape index (κ2) is 10.5. The number of Topliss-reactive ketones (excluding diaryl/α,β-unsaturated/α-hetero) is 1. The third-order valence-electron chi connectivity index (χ3n) is 6.61. The van der Waals surface area contributed by atoms with E-state index in [-0.39, 0.29) is 54.1 Å². The number of hydrazine groups is 1. The lowest BCUT2D eigenvalue weighted by atomic mass is 10.0. The summed E-state index contributed by atoms with van der Waals surface area (Å²) < 4.78 is 20.1. The van der Waals surface area contributed by atoms with Gasteiger partial charge in [0.1, 0.15) is 5.82 Å². The molecule has 5 rings (SSSR count). The standard InChI is InChI=1S/C26H26FN5O5/c27-20-7-6-18(24(34)29-32-12-14-37-15-13-32)22-21(20)19(16-28-22)23(33)26(36)31-10-8-30(9-11-31)25(35)17-4-2-1-3-5-17/h1-7,16,28H,8-15H2,(H,29,34). The van der Waals surface area contributed by atoms with Gasteiger partial charge in [0.2, 0.25) is 0 Å². The number of morpholine rings is 1. The molecule has 2 fully saturated rings. The summed E-state index contributed by atoms with van der Waals surface area (Å²) >= 11 is 0. The van der Waals surface area contributed by atoms with Crippen molar-refractivity contribution in [3.63, 3.8) is 0 Å². The number of ketones is 1. The van der Waals surface area contributed by atoms with E-state index in [0.29, 0.717) is 31.9 Å². The number of carbonyl (C=O) groups excluding carboxylic acids is 4. The zero-order valence-corrected chi connectivity index (χ0v) is 20.0. The van der Waals surface area contributed by atoms with Gasteiger partial charge in [0, 0.05) is 56.4 Å². The SMILES string of the molecule is O=C(NN1CCOCC1)c1ccc(F)c2c(C(=O)C(=O)N3CCN(C(=O)c4ccccc4)CC3)c[nH]c12. The molecule has 3 amide bonds. The monoisotopic (exact) mass is 507 g/mol. The van der Waals surface area contributed by atoms with Crippen molar-refractivity contribution in [2.45, 2.75) is 0 Å². The lowest BCUT2D eigenvalue weighted by Crippen LogP contribution is -2.52. The van der Waals surface area contributed by atoms with Crippen LogP contribution in [0.4, 0.5) is 4.39 Å². The topological polar surface area (TPSA) is 115 Å². The van der Waals surface area contributed by atoms with Crippen LogP contribution in [0, 0.1) is 5.82 Å². The molecule has 2 aliphatic rings. The van der Waals surface area contributed by atoms with Crippen molar-refractivity contribution in [2.24, 2.45) is 0 Å². The predicted octanol–water partition coefficient (Wildman–Crippen LogP) is 1.45. The van der Waals surface area contributed by atoms with Gasteiger partial charge >= 0.3 is 0 Å². The van der Waals surface area contributed by atoms with E-state index < -0.39 is 23.4 Å². The third kappa shape index (κ3) is 4.95. The lowest BCUT2D eigenvalue weighted by Gasteiger charge is -2.34. The molecule has 0 bridgehead atoms. The van der Waals surface area contributed by atoms with Crippen LogP contribution in [0.3, 0.4) is 0 Å². The van der Waals surface area contributed by atoms with Gasteiger partial charge in [-0.3, -0.25) is 24.6 Å². The molecule has 1 aromatic heterocycles. The van der Waals surface area contributed by atoms with Crippen LogP contribution in [-0.2, 0) is 9.53 Å². The van der Waals surface area contributed by atoms with Gasteiger partial charge in [-0.05, 0) is 24.3 Å². The lowest BCUT2D eigenvalue weighted by molar-refractivity contribution is -0.127. The Morgan fingerprint density at radius 2 is 1.51 bits per heavy atom. The van der Waals surface area contributed by atoms with E-state index in [1.165, 1.54) is 17.2 Å². The van der Waals surface area contributed by atoms with Crippen molar-refractivity contribution in [2.75, 3.05) is 52.5 Å². The van der Waals surface area contributed by atoms with Crippen molar-refractivity contribution in [1.82, 2.24) is 25.2 Å². The molecule has 0 saturated carbocycles. The van der Waals surface area contributed by atoms with E-state index in [1.807, 2.05) is 6.07 Å². The molecule has 0 aliphatic carbocycles. The summed E-state index contributed by atoms with van der Waals surface area (Å²) in [5.74, 6) is -2.97. The van der Waals surface area contributed by atoms with E-state index in [2.05, 4.69) is 10.4 Å². The molecule has 2 N–H and O–H groups in total. The summed E-state index contributed by atoms with van der Waals surface area (Å²) in [5, 5.41) is 1.60. The van der Waals surface area contributed by atoms with Gasteiger partial charge < -0.3 is 19.5 Å². The van der Waals surface area contributed by atoms with Crippen LogP contribution < -0.4 is 5.43 Å². The average molecular weight is 508 g/mol. The number of carbonyl (C=O) groups is 4. The maximum atomic E-state index is 14.8. The first kappa shape index (κ1) is 24.6. The first-order chi connectivity index (χ1) is 17.9. The summed E-state index contributed by atoms with van der Waals surface area (Å²) in [6.07, 6.45) is 1.26.